The van der Waals surface area contributed by atoms with Gasteiger partial charge in [0.25, 0.3) is 0 Å². The van der Waals surface area contributed by atoms with Gasteiger partial charge in [-0.25, -0.2) is 13.1 Å². The van der Waals surface area contributed by atoms with E-state index in [-0.39, 0.29) is 52.3 Å². The number of carbonyl (C=O) groups excluding carboxylic acids is 1. The van der Waals surface area contributed by atoms with Crippen molar-refractivity contribution in [1.82, 2.24) is 9.78 Å². The largest absolute Gasteiger partial charge is 1.00 e. The Kier molecular flexibility index (Phi) is 7.99. The summed E-state index contributed by atoms with van der Waals surface area (Å²) in [7, 11) is -4.20. The molecule has 3 aromatic rings. The summed E-state index contributed by atoms with van der Waals surface area (Å²) in [5.41, 5.74) is -0.341. The summed E-state index contributed by atoms with van der Waals surface area (Å²) in [6, 6.07) is 11.9. The van der Waals surface area contributed by atoms with Crippen LogP contribution in [0.3, 0.4) is 0 Å². The maximum absolute atomic E-state index is 13.2. The third-order valence-electron chi connectivity index (χ3n) is 4.04. The summed E-state index contributed by atoms with van der Waals surface area (Å²) in [5, 5.41) is 4.05. The van der Waals surface area contributed by atoms with Gasteiger partial charge in [0.1, 0.15) is 10.0 Å². The number of halogens is 4. The van der Waals surface area contributed by atoms with Crippen molar-refractivity contribution >= 4 is 27.5 Å². The summed E-state index contributed by atoms with van der Waals surface area (Å²) in [5.74, 6) is -0.800. The standard InChI is InChI=1S/C19H15ClF3N3O3S.Na/c1-2-18(27)25-30(28,29)15-9-7-14(8-10-15)26-16(11-17(24-26)19(21,22)23)12-3-5-13(20)6-4-12;/h3-11H,2H2,1H3,(H,25,27);/q;+1/p-1. The van der Waals surface area contributed by atoms with Crippen LogP contribution in [0.1, 0.15) is 19.0 Å². The van der Waals surface area contributed by atoms with Gasteiger partial charge in [0, 0.05) is 10.6 Å². The smallest absolute Gasteiger partial charge is 0.542 e. The van der Waals surface area contributed by atoms with Crippen LogP contribution in [0.25, 0.3) is 21.7 Å². The minimum Gasteiger partial charge on any atom is -0.542 e. The number of rotatable bonds is 5. The molecule has 1 heterocycles. The number of nitrogens with zero attached hydrogens (tertiary/aromatic N) is 3. The molecule has 0 aliphatic rings. The first kappa shape index (κ1) is 25.4. The van der Waals surface area contributed by atoms with Crippen molar-refractivity contribution < 1.29 is 55.9 Å². The van der Waals surface area contributed by atoms with Crippen LogP contribution in [-0.4, -0.2) is 24.1 Å². The molecule has 0 aliphatic heterocycles. The van der Waals surface area contributed by atoms with Gasteiger partial charge in [0.15, 0.2) is 5.69 Å². The average molecular weight is 480 g/mol. The van der Waals surface area contributed by atoms with Crippen molar-refractivity contribution in [2.75, 3.05) is 0 Å². The third kappa shape index (κ3) is 5.89. The van der Waals surface area contributed by atoms with E-state index in [4.69, 9.17) is 11.6 Å². The van der Waals surface area contributed by atoms with Crippen LogP contribution < -0.4 is 29.6 Å². The van der Waals surface area contributed by atoms with E-state index >= 15 is 0 Å². The molecule has 0 saturated heterocycles. The van der Waals surface area contributed by atoms with E-state index in [0.717, 1.165) is 22.9 Å². The second-order valence-electron chi connectivity index (χ2n) is 6.14. The Morgan fingerprint density at radius 1 is 1.10 bits per heavy atom. The number of alkyl halides is 3. The molecule has 0 aliphatic carbocycles. The van der Waals surface area contributed by atoms with Gasteiger partial charge in [-0.15, -0.1) is 0 Å². The van der Waals surface area contributed by atoms with E-state index in [0.29, 0.717) is 10.6 Å². The fourth-order valence-corrected chi connectivity index (χ4v) is 3.66. The number of aromatic nitrogens is 2. The first-order valence-electron chi connectivity index (χ1n) is 8.56. The minimum absolute atomic E-state index is 0. The Bertz CT molecular complexity index is 1180. The number of carbonyl (C=O) groups is 1. The Morgan fingerprint density at radius 3 is 2.19 bits per heavy atom. The molecular weight excluding hydrogens is 466 g/mol. The molecular formula is C19H14ClF3N3NaO3S. The molecule has 0 spiro atoms. The summed E-state index contributed by atoms with van der Waals surface area (Å²) in [6.45, 7) is 1.47. The van der Waals surface area contributed by atoms with Crippen LogP contribution in [0.5, 0.6) is 0 Å². The van der Waals surface area contributed by atoms with Gasteiger partial charge in [-0.2, -0.15) is 18.3 Å². The number of amides is 1. The van der Waals surface area contributed by atoms with Crippen molar-refractivity contribution in [2.45, 2.75) is 24.4 Å². The van der Waals surface area contributed by atoms with Crippen molar-refractivity contribution in [3.8, 4) is 16.9 Å². The van der Waals surface area contributed by atoms with Gasteiger partial charge in [0.2, 0.25) is 0 Å². The molecule has 1 aromatic heterocycles. The Hall–Kier alpha value is -1.85. The monoisotopic (exact) mass is 479 g/mol. The molecule has 0 radical (unpaired) electrons. The van der Waals surface area contributed by atoms with Gasteiger partial charge >= 0.3 is 35.7 Å². The first-order chi connectivity index (χ1) is 14.0. The van der Waals surface area contributed by atoms with Gasteiger partial charge in [0.05, 0.1) is 22.2 Å². The van der Waals surface area contributed by atoms with E-state index in [1.165, 1.54) is 31.2 Å². The average Bonchev–Trinajstić information content (AvgIpc) is 3.14. The van der Waals surface area contributed by atoms with Crippen LogP contribution in [0.15, 0.2) is 59.5 Å². The van der Waals surface area contributed by atoms with Gasteiger partial charge in [-0.1, -0.05) is 30.7 Å². The van der Waals surface area contributed by atoms with Gasteiger partial charge in [-0.05, 0) is 48.9 Å². The quantitative estimate of drug-likeness (QED) is 0.525. The minimum atomic E-state index is -4.67. The summed E-state index contributed by atoms with van der Waals surface area (Å²) in [6.07, 6.45) is -4.75. The molecule has 0 atom stereocenters. The summed E-state index contributed by atoms with van der Waals surface area (Å²) >= 11 is 5.85. The maximum atomic E-state index is 13.2. The number of benzene rings is 2. The van der Waals surface area contributed by atoms with E-state index in [2.05, 4.69) is 9.82 Å². The molecule has 0 bridgehead atoms. The predicted octanol–water partition coefficient (Wildman–Crippen LogP) is 2.21. The molecule has 158 valence electrons. The molecule has 1 amide bonds. The molecule has 0 fully saturated rings. The van der Waals surface area contributed by atoms with Crippen molar-refractivity contribution in [3.63, 3.8) is 0 Å². The zero-order valence-corrected chi connectivity index (χ0v) is 20.0. The third-order valence-corrected chi connectivity index (χ3v) is 5.61. The van der Waals surface area contributed by atoms with E-state index in [1.807, 2.05) is 0 Å². The molecule has 0 N–H and O–H groups in total. The topological polar surface area (TPSA) is 83.1 Å². The van der Waals surface area contributed by atoms with Crippen LogP contribution in [0, 0.1) is 0 Å². The fourth-order valence-electron chi connectivity index (χ4n) is 2.55. The van der Waals surface area contributed by atoms with Crippen LogP contribution >= 0.6 is 11.6 Å². The second kappa shape index (κ2) is 9.74. The van der Waals surface area contributed by atoms with Crippen molar-refractivity contribution in [2.24, 2.45) is 0 Å². The summed E-state index contributed by atoms with van der Waals surface area (Å²) < 4.78 is 68.2. The predicted molar refractivity (Wildman–Crippen MR) is 105 cm³/mol. The molecule has 3 rings (SSSR count). The Labute approximate surface area is 203 Å². The SMILES string of the molecule is CCC(=O)[N-]S(=O)(=O)c1ccc(-n2nc(C(F)(F)F)cc2-c2ccc(Cl)cc2)cc1.[Na+]. The molecule has 2 aromatic carbocycles. The zero-order chi connectivity index (χ0) is 22.1. The molecule has 12 heteroatoms. The summed E-state index contributed by atoms with van der Waals surface area (Å²) in [4.78, 5) is 11.1. The molecule has 0 saturated carbocycles. The zero-order valence-electron chi connectivity index (χ0n) is 16.4. The molecule has 6 nitrogen and oxygen atoms in total. The van der Waals surface area contributed by atoms with Gasteiger partial charge in [-0.3, -0.25) is 0 Å². The normalized spacial score (nSPS) is 11.6. The van der Waals surface area contributed by atoms with Crippen LogP contribution in [0.2, 0.25) is 5.02 Å². The van der Waals surface area contributed by atoms with Gasteiger partial charge < -0.3 is 9.52 Å². The Morgan fingerprint density at radius 2 is 1.68 bits per heavy atom. The molecule has 0 unspecified atom stereocenters. The maximum Gasteiger partial charge on any atom is 1.00 e. The number of sulfonamides is 1. The van der Waals surface area contributed by atoms with Crippen LogP contribution in [0.4, 0.5) is 13.2 Å². The fraction of sp³-hybridized carbons (Fsp3) is 0.158. The molecule has 31 heavy (non-hydrogen) atoms. The number of hydrogen-bond acceptors (Lipinski definition) is 4. The second-order valence-corrected chi connectivity index (χ2v) is 8.18. The Balaban J connectivity index is 0.00000341. The van der Waals surface area contributed by atoms with E-state index in [9.17, 15) is 26.4 Å². The number of hydrogen-bond donors (Lipinski definition) is 0. The van der Waals surface area contributed by atoms with Crippen molar-refractivity contribution in [1.29, 1.82) is 0 Å². The first-order valence-corrected chi connectivity index (χ1v) is 10.4. The van der Waals surface area contributed by atoms with E-state index < -0.39 is 27.8 Å². The van der Waals surface area contributed by atoms with Crippen LogP contribution in [-0.2, 0) is 21.0 Å². The van der Waals surface area contributed by atoms with Crippen molar-refractivity contribution in [3.05, 3.63) is 70.0 Å². The van der Waals surface area contributed by atoms with E-state index in [1.54, 1.807) is 12.1 Å².